The number of ether oxygens (including phenoxy) is 3. The average Bonchev–Trinajstić information content (AvgIpc) is 0.902. The van der Waals surface area contributed by atoms with Crippen LogP contribution in [0.2, 0.25) is 0 Å². The second kappa shape index (κ2) is 92.6. The van der Waals surface area contributed by atoms with Crippen molar-refractivity contribution < 1.29 is 75.8 Å². The minimum Gasteiger partial charge on any atom is -0.463 e. The van der Waals surface area contributed by atoms with Crippen molar-refractivity contribution in [1.29, 1.82) is 0 Å². The first-order chi connectivity index (χ1) is 58.2. The molecule has 16 nitrogen and oxygen atoms in total. The lowest BCUT2D eigenvalue weighted by Gasteiger charge is -2.21. The zero-order valence-electron chi connectivity index (χ0n) is 75.8. The van der Waals surface area contributed by atoms with Crippen molar-refractivity contribution >= 4 is 33.6 Å². The predicted molar refractivity (Wildman–Crippen MR) is 500 cm³/mol. The maximum absolute atomic E-state index is 13.0. The molecule has 18 heteroatoms. The van der Waals surface area contributed by atoms with Gasteiger partial charge < -0.3 is 34.2 Å². The van der Waals surface area contributed by atoms with Crippen LogP contribution < -0.4 is 0 Å². The summed E-state index contributed by atoms with van der Waals surface area (Å²) < 4.78 is 61.5. The molecule has 119 heavy (non-hydrogen) atoms. The van der Waals surface area contributed by atoms with Gasteiger partial charge in [-0.25, -0.2) is 9.13 Å². The molecule has 0 aromatic heterocycles. The quantitative estimate of drug-likeness (QED) is 0.0146. The Balaban J connectivity index is 4.45. The molecule has 0 saturated carbocycles. The molecule has 0 aromatic carbocycles. The fraction of sp³-hybridized carbons (Fsp3) is 0.733. The Morgan fingerprint density at radius 1 is 0.244 bits per heavy atom. The Morgan fingerprint density at radius 2 is 0.445 bits per heavy atom. The highest BCUT2D eigenvalue weighted by Gasteiger charge is 2.30. The maximum Gasteiger partial charge on any atom is 0.472 e. The Labute approximate surface area is 728 Å². The van der Waals surface area contributed by atoms with Gasteiger partial charge in [-0.1, -0.05) is 404 Å². The second-order valence-corrected chi connectivity index (χ2v) is 35.0. The Kier molecular flexibility index (Phi) is 89.1. The van der Waals surface area contributed by atoms with Crippen molar-refractivity contribution in [3.05, 3.63) is 146 Å². The number of esters is 3. The van der Waals surface area contributed by atoms with Crippen LogP contribution in [0, 0.1) is 0 Å². The fourth-order valence-corrected chi connectivity index (χ4v) is 14.9. The highest BCUT2D eigenvalue weighted by molar-refractivity contribution is 7.47. The van der Waals surface area contributed by atoms with Crippen molar-refractivity contribution in [2.45, 2.75) is 437 Å². The minimum absolute atomic E-state index is 0.0927. The molecule has 0 aromatic rings. The topological polar surface area (TPSA) is 231 Å². The number of rotatable bonds is 91. The SMILES string of the molecule is CC/C=C\C/C=C\C/C=C\C/C=C\C/C=C\CCCCCCCCCCCCCCCCCCCCCC(=O)OCC(O)COP(=O)(O)OCC(O)COP(=O)(O)OCC(COC(=O)CCCCCCCCCCCCCCCCC/C=C\C/C=C\C/C=C\C/C=C\CCCCC)OC(=O)CCCCCCCCC/C=C\C/C=C\C/C=C\CC. The monoisotopic (exact) mass is 1710 g/mol. The maximum atomic E-state index is 13.0. The van der Waals surface area contributed by atoms with E-state index < -0.39 is 91.5 Å². The third-order valence-corrected chi connectivity index (χ3v) is 22.4. The fourth-order valence-electron chi connectivity index (χ4n) is 13.3. The Hall–Kier alpha value is -4.57. The summed E-state index contributed by atoms with van der Waals surface area (Å²) in [6.07, 6.45) is 118. The first-order valence-corrected chi connectivity index (χ1v) is 51.1. The van der Waals surface area contributed by atoms with E-state index in [0.29, 0.717) is 19.3 Å². The third-order valence-electron chi connectivity index (χ3n) is 20.5. The highest BCUT2D eigenvalue weighted by atomic mass is 31.2. The Bertz CT molecular complexity index is 2740. The van der Waals surface area contributed by atoms with Gasteiger partial charge in [-0.05, 0) is 141 Å². The molecule has 0 saturated heterocycles. The molecule has 0 amide bonds. The van der Waals surface area contributed by atoms with Crippen molar-refractivity contribution in [3.8, 4) is 0 Å². The average molecular weight is 1710 g/mol. The third kappa shape index (κ3) is 94.0. The van der Waals surface area contributed by atoms with Gasteiger partial charge in [-0.15, -0.1) is 0 Å². The van der Waals surface area contributed by atoms with Crippen LogP contribution in [-0.2, 0) is 55.8 Å². The van der Waals surface area contributed by atoms with E-state index in [4.69, 9.17) is 32.3 Å². The number of hydrogen-bond donors (Lipinski definition) is 4. The van der Waals surface area contributed by atoms with Gasteiger partial charge in [-0.3, -0.25) is 32.5 Å². The van der Waals surface area contributed by atoms with E-state index in [0.717, 1.165) is 154 Å². The molecule has 0 rings (SSSR count). The van der Waals surface area contributed by atoms with Gasteiger partial charge in [0.25, 0.3) is 0 Å². The molecule has 0 aliphatic rings. The summed E-state index contributed by atoms with van der Waals surface area (Å²) >= 11 is 0. The van der Waals surface area contributed by atoms with Crippen LogP contribution in [0.15, 0.2) is 146 Å². The number of hydrogen-bond acceptors (Lipinski definition) is 14. The summed E-state index contributed by atoms with van der Waals surface area (Å²) in [4.78, 5) is 59.0. The smallest absolute Gasteiger partial charge is 0.463 e. The van der Waals surface area contributed by atoms with Crippen LogP contribution >= 0.6 is 15.6 Å². The number of aliphatic hydroxyl groups is 2. The molecule has 0 fully saturated rings. The molecular weight excluding hydrogens is 1530 g/mol. The molecule has 0 aliphatic heterocycles. The highest BCUT2D eigenvalue weighted by Crippen LogP contribution is 2.45. The van der Waals surface area contributed by atoms with E-state index in [1.807, 2.05) is 0 Å². The van der Waals surface area contributed by atoms with E-state index in [1.165, 1.54) is 205 Å². The van der Waals surface area contributed by atoms with Gasteiger partial charge in [-0.2, -0.15) is 0 Å². The molecule has 5 atom stereocenters. The molecular formula is C101H176O16P2. The lowest BCUT2D eigenvalue weighted by Crippen LogP contribution is -2.30. The first-order valence-electron chi connectivity index (χ1n) is 48.1. The molecule has 0 bridgehead atoms. The van der Waals surface area contributed by atoms with Crippen molar-refractivity contribution in [2.75, 3.05) is 39.6 Å². The molecule has 0 heterocycles. The van der Waals surface area contributed by atoms with Gasteiger partial charge in [0.2, 0.25) is 0 Å². The van der Waals surface area contributed by atoms with Gasteiger partial charge in [0.15, 0.2) is 6.10 Å². The standard InChI is InChI=1S/C101H176O16P2/c1-4-7-10-13-16-19-22-25-28-31-33-35-37-39-41-43-45-46-47-48-50-52-53-55-57-59-61-64-66-69-72-75-78-81-84-87-99(104)111-90-96(102)91-113-118(107,108)114-92-97(103)93-115-119(109,110)116-95-98(117-101(106)89-86-83-80-77-74-71-68-63-30-27-24-21-18-15-12-9-6-3)94-112-100(105)88-85-82-79-76-73-70-67-65-62-60-58-56-54-51-49-44-42-40-38-36-34-32-29-26-23-20-17-14-11-8-5-2/h7,9-10,12,16-21,25-30,33-36,39-42,96-98,102-103H,4-6,8,11,13-15,22-24,31-32,37-38,43-95H2,1-3H3,(H,107,108)(H,109,110)/b10-7-,12-9-,19-16-,20-17-,21-18-,28-25-,29-26-,30-27-,35-33-,36-34-,41-39-,42-40-. The molecule has 0 spiro atoms. The summed E-state index contributed by atoms with van der Waals surface area (Å²) in [7, 11) is -9.81. The summed E-state index contributed by atoms with van der Waals surface area (Å²) in [5, 5.41) is 20.7. The van der Waals surface area contributed by atoms with E-state index in [1.54, 1.807) is 0 Å². The summed E-state index contributed by atoms with van der Waals surface area (Å²) in [6.45, 7) is 2.49. The number of aliphatic hydroxyl groups excluding tert-OH is 2. The molecule has 5 unspecified atom stereocenters. The zero-order valence-corrected chi connectivity index (χ0v) is 77.5. The molecule has 686 valence electrons. The summed E-state index contributed by atoms with van der Waals surface area (Å²) in [5.41, 5.74) is 0. The number of carbonyl (C=O) groups excluding carboxylic acids is 3. The number of phosphoric acid groups is 2. The molecule has 0 aliphatic carbocycles. The van der Waals surface area contributed by atoms with E-state index in [2.05, 4.69) is 167 Å². The van der Waals surface area contributed by atoms with Crippen LogP contribution in [0.1, 0.15) is 419 Å². The second-order valence-electron chi connectivity index (χ2n) is 32.1. The molecule has 0 radical (unpaired) electrons. The van der Waals surface area contributed by atoms with Crippen molar-refractivity contribution in [3.63, 3.8) is 0 Å². The largest absolute Gasteiger partial charge is 0.472 e. The summed E-state index contributed by atoms with van der Waals surface area (Å²) in [6, 6.07) is 0. The van der Waals surface area contributed by atoms with Crippen molar-refractivity contribution in [1.82, 2.24) is 0 Å². The predicted octanol–water partition coefficient (Wildman–Crippen LogP) is 29.9. The summed E-state index contributed by atoms with van der Waals surface area (Å²) in [5.74, 6) is -1.57. The zero-order chi connectivity index (χ0) is 86.5. The van der Waals surface area contributed by atoms with E-state index >= 15 is 0 Å². The van der Waals surface area contributed by atoms with E-state index in [9.17, 15) is 43.5 Å². The van der Waals surface area contributed by atoms with Crippen LogP contribution in [0.4, 0.5) is 0 Å². The van der Waals surface area contributed by atoms with Gasteiger partial charge >= 0.3 is 33.6 Å². The Morgan fingerprint density at radius 3 is 0.706 bits per heavy atom. The van der Waals surface area contributed by atoms with Crippen molar-refractivity contribution in [2.24, 2.45) is 0 Å². The molecule has 4 N–H and O–H groups in total. The number of phosphoric ester groups is 2. The van der Waals surface area contributed by atoms with Gasteiger partial charge in [0.1, 0.15) is 25.4 Å². The van der Waals surface area contributed by atoms with Crippen LogP contribution in [0.3, 0.4) is 0 Å². The lowest BCUT2D eigenvalue weighted by atomic mass is 10.0. The van der Waals surface area contributed by atoms with Crippen LogP contribution in [0.5, 0.6) is 0 Å². The number of unbranched alkanes of at least 4 members (excludes halogenated alkanes) is 44. The van der Waals surface area contributed by atoms with Crippen LogP contribution in [0.25, 0.3) is 0 Å². The van der Waals surface area contributed by atoms with E-state index in [-0.39, 0.29) is 19.3 Å². The minimum atomic E-state index is -4.94. The first kappa shape index (κ1) is 114. The normalized spacial score (nSPS) is 14.4. The number of allylic oxidation sites excluding steroid dienone is 24. The van der Waals surface area contributed by atoms with Crippen LogP contribution in [-0.4, -0.2) is 95.9 Å². The van der Waals surface area contributed by atoms with Gasteiger partial charge in [0, 0.05) is 19.3 Å². The van der Waals surface area contributed by atoms with Gasteiger partial charge in [0.05, 0.1) is 26.4 Å². The lowest BCUT2D eigenvalue weighted by molar-refractivity contribution is -0.161. The number of carbonyl (C=O) groups is 3.